The van der Waals surface area contributed by atoms with Gasteiger partial charge >= 0.3 is 0 Å². The molecule has 152 valence electrons. The van der Waals surface area contributed by atoms with Gasteiger partial charge in [0.1, 0.15) is 0 Å². The number of nitro groups is 1. The molecule has 0 saturated carbocycles. The first-order valence-corrected chi connectivity index (χ1v) is 9.63. The molecule has 2 aromatic carbocycles. The van der Waals surface area contributed by atoms with E-state index in [1.807, 2.05) is 31.2 Å². The third kappa shape index (κ3) is 7.62. The molecular weight excluding hydrogens is 396 g/mol. The van der Waals surface area contributed by atoms with E-state index in [0.717, 1.165) is 10.5 Å². The Bertz CT molecular complexity index is 884. The molecule has 0 heterocycles. The molecule has 10 heteroatoms. The minimum atomic E-state index is -0.556. The number of nitrogens with one attached hydrogen (secondary N) is 3. The number of non-ortho nitro benzene ring substituents is 1. The number of amides is 3. The fourth-order valence-electron chi connectivity index (χ4n) is 2.15. The highest BCUT2D eigenvalue weighted by atomic mass is 32.2. The Morgan fingerprint density at radius 3 is 2.21 bits per heavy atom. The number of hydrazine groups is 1. The van der Waals surface area contributed by atoms with Crippen molar-refractivity contribution >= 4 is 35.2 Å². The number of aryl methyl sites for hydroxylation is 1. The zero-order chi connectivity index (χ0) is 21.2. The molecule has 0 saturated heterocycles. The number of carbonyl (C=O) groups excluding carboxylic acids is 3. The summed E-state index contributed by atoms with van der Waals surface area (Å²) >= 11 is 1.35. The summed E-state index contributed by atoms with van der Waals surface area (Å²) in [6, 6.07) is 12.9. The summed E-state index contributed by atoms with van der Waals surface area (Å²) in [6.45, 7) is 2.03. The van der Waals surface area contributed by atoms with Crippen molar-refractivity contribution in [3.8, 4) is 0 Å². The molecule has 29 heavy (non-hydrogen) atoms. The quantitative estimate of drug-likeness (QED) is 0.343. The molecule has 2 rings (SSSR count). The minimum absolute atomic E-state index is 0.0376. The lowest BCUT2D eigenvalue weighted by atomic mass is 10.2. The van der Waals surface area contributed by atoms with Gasteiger partial charge in [0, 0.05) is 35.6 Å². The van der Waals surface area contributed by atoms with Crippen LogP contribution < -0.4 is 16.2 Å². The molecule has 3 amide bonds. The van der Waals surface area contributed by atoms with E-state index in [1.165, 1.54) is 36.0 Å². The van der Waals surface area contributed by atoms with Gasteiger partial charge in [0.2, 0.25) is 11.8 Å². The van der Waals surface area contributed by atoms with Crippen LogP contribution in [-0.2, 0) is 9.59 Å². The molecule has 0 radical (unpaired) electrons. The van der Waals surface area contributed by atoms with Gasteiger partial charge in [-0.15, -0.1) is 11.8 Å². The van der Waals surface area contributed by atoms with Crippen LogP contribution in [0, 0.1) is 17.0 Å². The number of nitrogens with zero attached hydrogens (tertiary/aromatic N) is 1. The predicted octanol–water partition coefficient (Wildman–Crippen LogP) is 1.96. The summed E-state index contributed by atoms with van der Waals surface area (Å²) in [5.41, 5.74) is 5.86. The maximum absolute atomic E-state index is 11.9. The first-order valence-electron chi connectivity index (χ1n) is 8.65. The van der Waals surface area contributed by atoms with Crippen molar-refractivity contribution in [2.45, 2.75) is 18.2 Å². The van der Waals surface area contributed by atoms with Crippen molar-refractivity contribution in [1.82, 2.24) is 16.2 Å². The van der Waals surface area contributed by atoms with E-state index in [9.17, 15) is 24.5 Å². The van der Waals surface area contributed by atoms with Gasteiger partial charge in [-0.25, -0.2) is 0 Å². The fraction of sp³-hybridized carbons (Fsp3) is 0.211. The molecule has 2 aromatic rings. The Hall–Kier alpha value is -3.40. The van der Waals surface area contributed by atoms with E-state index in [4.69, 9.17) is 0 Å². The second kappa shape index (κ2) is 10.8. The number of nitro benzene ring substituents is 1. The van der Waals surface area contributed by atoms with Crippen LogP contribution in [0.15, 0.2) is 53.4 Å². The molecule has 0 bridgehead atoms. The van der Waals surface area contributed by atoms with Gasteiger partial charge in [-0.3, -0.25) is 35.3 Å². The van der Waals surface area contributed by atoms with Crippen LogP contribution in [0.4, 0.5) is 5.69 Å². The van der Waals surface area contributed by atoms with Crippen molar-refractivity contribution in [3.05, 3.63) is 69.8 Å². The van der Waals surface area contributed by atoms with Crippen LogP contribution in [0.5, 0.6) is 0 Å². The van der Waals surface area contributed by atoms with E-state index in [0.29, 0.717) is 0 Å². The lowest BCUT2D eigenvalue weighted by Gasteiger charge is -2.08. The van der Waals surface area contributed by atoms with Crippen LogP contribution in [0.25, 0.3) is 0 Å². The second-order valence-electron chi connectivity index (χ2n) is 6.01. The molecule has 0 unspecified atom stereocenters. The van der Waals surface area contributed by atoms with Crippen LogP contribution in [0.3, 0.4) is 0 Å². The minimum Gasteiger partial charge on any atom is -0.352 e. The molecule has 0 spiro atoms. The van der Waals surface area contributed by atoms with Gasteiger partial charge < -0.3 is 5.32 Å². The Morgan fingerprint density at radius 2 is 1.59 bits per heavy atom. The molecular formula is C19H20N4O5S. The van der Waals surface area contributed by atoms with Gasteiger partial charge in [0.25, 0.3) is 11.6 Å². The van der Waals surface area contributed by atoms with Gasteiger partial charge in [-0.1, -0.05) is 17.7 Å². The fourth-order valence-corrected chi connectivity index (χ4v) is 2.85. The van der Waals surface area contributed by atoms with E-state index in [1.54, 1.807) is 0 Å². The SMILES string of the molecule is Cc1ccc(SCC(=O)NNC(=O)CCNC(=O)c2ccc([N+](=O)[O-])cc2)cc1. The average Bonchev–Trinajstić information content (AvgIpc) is 2.71. The van der Waals surface area contributed by atoms with Crippen molar-refractivity contribution in [3.63, 3.8) is 0 Å². The van der Waals surface area contributed by atoms with Crippen molar-refractivity contribution in [2.75, 3.05) is 12.3 Å². The Labute approximate surface area is 171 Å². The molecule has 0 aliphatic rings. The Kier molecular flexibility index (Phi) is 8.16. The summed E-state index contributed by atoms with van der Waals surface area (Å²) in [7, 11) is 0. The first-order chi connectivity index (χ1) is 13.8. The van der Waals surface area contributed by atoms with E-state index < -0.39 is 16.7 Å². The summed E-state index contributed by atoms with van der Waals surface area (Å²) in [5, 5.41) is 13.1. The third-order valence-corrected chi connectivity index (χ3v) is 4.72. The number of rotatable bonds is 8. The van der Waals surface area contributed by atoms with Crippen molar-refractivity contribution < 1.29 is 19.3 Å². The standard InChI is InChI=1S/C19H20N4O5S/c1-13-2-8-16(9-3-13)29-12-18(25)22-21-17(24)10-11-20-19(26)14-4-6-15(7-5-14)23(27)28/h2-9H,10-12H2,1H3,(H,20,26)(H,21,24)(H,22,25). The number of hydrogen-bond donors (Lipinski definition) is 3. The summed E-state index contributed by atoms with van der Waals surface area (Å²) in [5.74, 6) is -1.10. The first kappa shape index (κ1) is 21.9. The van der Waals surface area contributed by atoms with E-state index in [-0.39, 0.29) is 35.9 Å². The van der Waals surface area contributed by atoms with Crippen LogP contribution in [0.2, 0.25) is 0 Å². The largest absolute Gasteiger partial charge is 0.352 e. The van der Waals surface area contributed by atoms with Crippen LogP contribution in [0.1, 0.15) is 22.3 Å². The third-order valence-electron chi connectivity index (χ3n) is 3.71. The smallest absolute Gasteiger partial charge is 0.269 e. The monoisotopic (exact) mass is 416 g/mol. The molecule has 0 fully saturated rings. The summed E-state index contributed by atoms with van der Waals surface area (Å²) < 4.78 is 0. The van der Waals surface area contributed by atoms with Crippen LogP contribution >= 0.6 is 11.8 Å². The lowest BCUT2D eigenvalue weighted by molar-refractivity contribution is -0.384. The summed E-state index contributed by atoms with van der Waals surface area (Å²) in [4.78, 5) is 46.4. The molecule has 0 atom stereocenters. The van der Waals surface area contributed by atoms with Gasteiger partial charge in [-0.2, -0.15) is 0 Å². The number of carbonyl (C=O) groups is 3. The maximum Gasteiger partial charge on any atom is 0.269 e. The van der Waals surface area contributed by atoms with Gasteiger partial charge in [0.15, 0.2) is 0 Å². The van der Waals surface area contributed by atoms with E-state index in [2.05, 4.69) is 16.2 Å². The summed E-state index contributed by atoms with van der Waals surface area (Å²) in [6.07, 6.45) is -0.0376. The van der Waals surface area contributed by atoms with Crippen LogP contribution in [-0.4, -0.2) is 34.9 Å². The van der Waals surface area contributed by atoms with Crippen molar-refractivity contribution in [2.24, 2.45) is 0 Å². The predicted molar refractivity (Wildman–Crippen MR) is 108 cm³/mol. The Morgan fingerprint density at radius 1 is 0.966 bits per heavy atom. The maximum atomic E-state index is 11.9. The highest BCUT2D eigenvalue weighted by Crippen LogP contribution is 2.17. The molecule has 0 aliphatic carbocycles. The van der Waals surface area contributed by atoms with Gasteiger partial charge in [-0.05, 0) is 31.2 Å². The molecule has 3 N–H and O–H groups in total. The molecule has 0 aromatic heterocycles. The second-order valence-corrected chi connectivity index (χ2v) is 7.06. The topological polar surface area (TPSA) is 130 Å². The molecule has 9 nitrogen and oxygen atoms in total. The zero-order valence-electron chi connectivity index (χ0n) is 15.6. The highest BCUT2D eigenvalue weighted by Gasteiger charge is 2.10. The van der Waals surface area contributed by atoms with E-state index >= 15 is 0 Å². The number of thioether (sulfide) groups is 1. The highest BCUT2D eigenvalue weighted by molar-refractivity contribution is 8.00. The number of hydrogen-bond acceptors (Lipinski definition) is 6. The zero-order valence-corrected chi connectivity index (χ0v) is 16.5. The molecule has 0 aliphatic heterocycles. The number of benzene rings is 2. The lowest BCUT2D eigenvalue weighted by Crippen LogP contribution is -2.43. The normalized spacial score (nSPS) is 10.1. The average molecular weight is 416 g/mol. The Balaban J connectivity index is 1.63. The van der Waals surface area contributed by atoms with Gasteiger partial charge in [0.05, 0.1) is 10.7 Å². The van der Waals surface area contributed by atoms with Crippen molar-refractivity contribution in [1.29, 1.82) is 0 Å².